The van der Waals surface area contributed by atoms with Crippen LogP contribution in [0.1, 0.15) is 5.56 Å². The lowest BCUT2D eigenvalue weighted by Gasteiger charge is -2.11. The van der Waals surface area contributed by atoms with Crippen molar-refractivity contribution in [3.8, 4) is 17.1 Å². The van der Waals surface area contributed by atoms with Gasteiger partial charge in [-0.1, -0.05) is 54.2 Å². The summed E-state index contributed by atoms with van der Waals surface area (Å²) in [5.74, 6) is 0.122. The fourth-order valence-electron chi connectivity index (χ4n) is 3.03. The molecule has 0 aliphatic heterocycles. The van der Waals surface area contributed by atoms with Gasteiger partial charge in [0.1, 0.15) is 11.6 Å². The first-order valence-corrected chi connectivity index (χ1v) is 10.5. The number of carbonyl (C=O) groups excluding carboxylic acids is 1. The predicted molar refractivity (Wildman–Crippen MR) is 118 cm³/mol. The zero-order valence-electron chi connectivity index (χ0n) is 16.4. The van der Waals surface area contributed by atoms with Crippen LogP contribution in [0.3, 0.4) is 0 Å². The molecule has 1 amide bonds. The number of aromatic nitrogens is 3. The Kier molecular flexibility index (Phi) is 6.28. The second-order valence-corrected chi connectivity index (χ2v) is 7.68. The molecule has 0 atom stereocenters. The van der Waals surface area contributed by atoms with Crippen molar-refractivity contribution >= 4 is 23.4 Å². The fraction of sp³-hybridized carbons (Fsp3) is 0.0870. The van der Waals surface area contributed by atoms with Crippen LogP contribution in [0.2, 0.25) is 0 Å². The Hall–Kier alpha value is -3.65. The third-order valence-electron chi connectivity index (χ3n) is 4.51. The molecule has 6 nitrogen and oxygen atoms in total. The summed E-state index contributed by atoms with van der Waals surface area (Å²) in [6.45, 7) is 0.486. The van der Waals surface area contributed by atoms with Crippen molar-refractivity contribution in [1.29, 1.82) is 0 Å². The van der Waals surface area contributed by atoms with E-state index in [0.29, 0.717) is 28.8 Å². The molecule has 0 bridgehead atoms. The number of nitrogens with one attached hydrogen (secondary N) is 1. The lowest BCUT2D eigenvalue weighted by Crippen LogP contribution is -2.14. The largest absolute Gasteiger partial charge is 0.507 e. The molecule has 0 fully saturated rings. The quantitative estimate of drug-likeness (QED) is 0.417. The van der Waals surface area contributed by atoms with Crippen LogP contribution in [0, 0.1) is 5.82 Å². The van der Waals surface area contributed by atoms with Crippen molar-refractivity contribution in [2.24, 2.45) is 0 Å². The summed E-state index contributed by atoms with van der Waals surface area (Å²) in [7, 11) is 0. The summed E-state index contributed by atoms with van der Waals surface area (Å²) in [5, 5.41) is 22.1. The summed E-state index contributed by atoms with van der Waals surface area (Å²) >= 11 is 1.24. The Morgan fingerprint density at radius 3 is 2.42 bits per heavy atom. The zero-order valence-corrected chi connectivity index (χ0v) is 17.2. The van der Waals surface area contributed by atoms with Gasteiger partial charge < -0.3 is 10.4 Å². The number of aromatic hydroxyl groups is 1. The number of benzene rings is 3. The van der Waals surface area contributed by atoms with Gasteiger partial charge in [0.25, 0.3) is 0 Å². The molecule has 0 aliphatic carbocycles. The maximum absolute atomic E-state index is 13.0. The molecule has 3 aromatic carbocycles. The van der Waals surface area contributed by atoms with E-state index in [-0.39, 0.29) is 23.2 Å². The van der Waals surface area contributed by atoms with Gasteiger partial charge in [-0.25, -0.2) is 4.39 Å². The highest BCUT2D eigenvalue weighted by molar-refractivity contribution is 7.99. The van der Waals surface area contributed by atoms with E-state index in [9.17, 15) is 14.3 Å². The maximum Gasteiger partial charge on any atom is 0.234 e. The Bertz CT molecular complexity index is 1180. The zero-order chi connectivity index (χ0) is 21.6. The molecule has 0 saturated carbocycles. The predicted octanol–water partition coefficient (Wildman–Crippen LogP) is 4.57. The topological polar surface area (TPSA) is 80.0 Å². The van der Waals surface area contributed by atoms with E-state index in [0.717, 1.165) is 5.56 Å². The van der Waals surface area contributed by atoms with Gasteiger partial charge >= 0.3 is 0 Å². The van der Waals surface area contributed by atoms with Gasteiger partial charge in [0.2, 0.25) is 5.91 Å². The monoisotopic (exact) mass is 434 g/mol. The number of anilines is 1. The van der Waals surface area contributed by atoms with E-state index in [1.165, 1.54) is 36.0 Å². The maximum atomic E-state index is 13.0. The van der Waals surface area contributed by atoms with E-state index in [2.05, 4.69) is 15.5 Å². The fourth-order valence-corrected chi connectivity index (χ4v) is 3.76. The smallest absolute Gasteiger partial charge is 0.234 e. The van der Waals surface area contributed by atoms with Crippen LogP contribution < -0.4 is 5.32 Å². The number of hydrogen-bond acceptors (Lipinski definition) is 5. The van der Waals surface area contributed by atoms with Crippen LogP contribution in [-0.2, 0) is 11.3 Å². The van der Waals surface area contributed by atoms with Gasteiger partial charge in [0.15, 0.2) is 11.0 Å². The van der Waals surface area contributed by atoms with Gasteiger partial charge in [-0.2, -0.15) is 0 Å². The summed E-state index contributed by atoms with van der Waals surface area (Å²) in [5.41, 5.74) is 2.12. The molecule has 8 heteroatoms. The highest BCUT2D eigenvalue weighted by Crippen LogP contribution is 2.30. The number of hydrogen-bond donors (Lipinski definition) is 2. The van der Waals surface area contributed by atoms with Crippen molar-refractivity contribution in [3.63, 3.8) is 0 Å². The minimum atomic E-state index is -0.363. The Balaban J connectivity index is 1.56. The van der Waals surface area contributed by atoms with Gasteiger partial charge in [-0.15, -0.1) is 10.2 Å². The molecular formula is C23H19FN4O2S. The number of phenols is 1. The van der Waals surface area contributed by atoms with Crippen molar-refractivity contribution in [3.05, 3.63) is 90.2 Å². The van der Waals surface area contributed by atoms with E-state index in [1.807, 2.05) is 41.0 Å². The minimum absolute atomic E-state index is 0.102. The standard InChI is InChI=1S/C23H19FN4O2S/c24-17-10-12-18(13-11-17)25-21(30)15-31-23-27-26-22(19-8-4-5-9-20(19)29)28(23)14-16-6-2-1-3-7-16/h1-13,29H,14-15H2,(H,25,30). The Morgan fingerprint density at radius 1 is 0.968 bits per heavy atom. The molecule has 1 aromatic heterocycles. The van der Waals surface area contributed by atoms with Crippen LogP contribution in [0.25, 0.3) is 11.4 Å². The second kappa shape index (κ2) is 9.44. The first kappa shape index (κ1) is 20.6. The third-order valence-corrected chi connectivity index (χ3v) is 5.47. The van der Waals surface area contributed by atoms with E-state index in [1.54, 1.807) is 18.2 Å². The molecule has 0 aliphatic rings. The van der Waals surface area contributed by atoms with Gasteiger partial charge in [0.05, 0.1) is 17.9 Å². The van der Waals surface area contributed by atoms with Crippen LogP contribution >= 0.6 is 11.8 Å². The molecule has 156 valence electrons. The van der Waals surface area contributed by atoms with Crippen molar-refractivity contribution in [1.82, 2.24) is 14.8 Å². The number of para-hydroxylation sites is 1. The number of thioether (sulfide) groups is 1. The highest BCUT2D eigenvalue weighted by Gasteiger charge is 2.18. The molecule has 2 N–H and O–H groups in total. The molecule has 0 radical (unpaired) electrons. The molecule has 1 heterocycles. The van der Waals surface area contributed by atoms with E-state index < -0.39 is 0 Å². The number of rotatable bonds is 7. The molecular weight excluding hydrogens is 415 g/mol. The summed E-state index contributed by atoms with van der Waals surface area (Å²) in [6, 6.07) is 22.3. The van der Waals surface area contributed by atoms with Crippen LogP contribution in [-0.4, -0.2) is 31.5 Å². The van der Waals surface area contributed by atoms with Gasteiger partial charge in [0, 0.05) is 5.69 Å². The van der Waals surface area contributed by atoms with Crippen molar-refractivity contribution < 1.29 is 14.3 Å². The third kappa shape index (κ3) is 5.10. The SMILES string of the molecule is O=C(CSc1nnc(-c2ccccc2O)n1Cc1ccccc1)Nc1ccc(F)cc1. The minimum Gasteiger partial charge on any atom is -0.507 e. The highest BCUT2D eigenvalue weighted by atomic mass is 32.2. The van der Waals surface area contributed by atoms with Crippen molar-refractivity contribution in [2.45, 2.75) is 11.7 Å². The summed E-state index contributed by atoms with van der Waals surface area (Å²) in [4.78, 5) is 12.3. The second-order valence-electron chi connectivity index (χ2n) is 6.74. The average molecular weight is 434 g/mol. The summed E-state index contributed by atoms with van der Waals surface area (Å²) in [6.07, 6.45) is 0. The number of halogens is 1. The Morgan fingerprint density at radius 2 is 1.68 bits per heavy atom. The number of carbonyl (C=O) groups is 1. The van der Waals surface area contributed by atoms with E-state index >= 15 is 0 Å². The Labute approximate surface area is 182 Å². The van der Waals surface area contributed by atoms with E-state index in [4.69, 9.17) is 0 Å². The van der Waals surface area contributed by atoms with Crippen LogP contribution in [0.15, 0.2) is 84.0 Å². The lowest BCUT2D eigenvalue weighted by atomic mass is 10.1. The lowest BCUT2D eigenvalue weighted by molar-refractivity contribution is -0.113. The van der Waals surface area contributed by atoms with Gasteiger partial charge in [-0.05, 0) is 42.0 Å². The van der Waals surface area contributed by atoms with Crippen molar-refractivity contribution in [2.75, 3.05) is 11.1 Å². The summed E-state index contributed by atoms with van der Waals surface area (Å²) < 4.78 is 14.9. The van der Waals surface area contributed by atoms with Crippen LogP contribution in [0.4, 0.5) is 10.1 Å². The molecule has 0 spiro atoms. The van der Waals surface area contributed by atoms with Gasteiger partial charge in [-0.3, -0.25) is 9.36 Å². The molecule has 0 unspecified atom stereocenters. The van der Waals surface area contributed by atoms with Crippen LogP contribution in [0.5, 0.6) is 5.75 Å². The molecule has 31 heavy (non-hydrogen) atoms. The molecule has 4 rings (SSSR count). The number of nitrogens with zero attached hydrogens (tertiary/aromatic N) is 3. The average Bonchev–Trinajstić information content (AvgIpc) is 3.17. The molecule has 4 aromatic rings. The number of phenolic OH excluding ortho intramolecular Hbond substituents is 1. The first-order chi connectivity index (χ1) is 15.1. The normalized spacial score (nSPS) is 10.7. The first-order valence-electron chi connectivity index (χ1n) is 9.54. The number of amides is 1. The molecule has 0 saturated heterocycles.